The molecule has 0 amide bonds. The van der Waals surface area contributed by atoms with E-state index >= 15 is 0 Å². The van der Waals surface area contributed by atoms with Crippen molar-refractivity contribution in [2.24, 2.45) is 0 Å². The maximum atomic E-state index is 13.1. The van der Waals surface area contributed by atoms with E-state index in [2.05, 4.69) is 14.2 Å². The zero-order valence-electron chi connectivity index (χ0n) is 36.2. The molecule has 0 saturated heterocycles. The molecule has 0 spiro atoms. The van der Waals surface area contributed by atoms with Crippen molar-refractivity contribution in [2.75, 3.05) is 9.44 Å². The average molecular weight is 1020 g/mol. The number of halogens is 3. The van der Waals surface area contributed by atoms with E-state index in [1.54, 1.807) is 84.9 Å². The third-order valence-corrected chi connectivity index (χ3v) is 16.9. The molecule has 0 saturated carbocycles. The van der Waals surface area contributed by atoms with Gasteiger partial charge in [-0.3, -0.25) is 9.44 Å². The minimum atomic E-state index is -5.04. The van der Waals surface area contributed by atoms with Crippen molar-refractivity contribution in [1.29, 1.82) is 0 Å². The molecular weight excluding hydrogens is 978 g/mol. The van der Waals surface area contributed by atoms with Crippen molar-refractivity contribution in [3.05, 3.63) is 197 Å². The first-order valence-electron chi connectivity index (χ1n) is 20.8. The fourth-order valence-corrected chi connectivity index (χ4v) is 12.4. The molecule has 1 heterocycles. The molecule has 7 rings (SSSR count). The van der Waals surface area contributed by atoms with Gasteiger partial charge >= 0.3 is 18.3 Å². The highest BCUT2D eigenvalue weighted by Gasteiger charge is 2.34. The summed E-state index contributed by atoms with van der Waals surface area (Å²) in [5, 5.41) is 18.0. The number of nitrogens with one attached hydrogen (secondary N) is 2. The van der Waals surface area contributed by atoms with Crippen LogP contribution < -0.4 is 14.2 Å². The highest BCUT2D eigenvalue weighted by atomic mass is 32.3. The van der Waals surface area contributed by atoms with E-state index in [1.807, 2.05) is 12.1 Å². The molecule has 0 bridgehead atoms. The number of rotatable bonds is 19. The summed E-state index contributed by atoms with van der Waals surface area (Å²) in [6, 6.07) is 41.8. The second-order valence-electron chi connectivity index (χ2n) is 15.1. The number of alkyl halides is 3. The Balaban J connectivity index is 0.000000228. The fraction of sp³-hybridized carbons (Fsp3) is 0.143. The van der Waals surface area contributed by atoms with Gasteiger partial charge < -0.3 is 14.9 Å². The molecule has 4 N–H and O–H groups in total. The second kappa shape index (κ2) is 22.4. The molecule has 20 heteroatoms. The van der Waals surface area contributed by atoms with Gasteiger partial charge in [0.05, 0.1) is 27.4 Å². The van der Waals surface area contributed by atoms with Crippen molar-refractivity contribution in [1.82, 2.24) is 0 Å². The number of ether oxygens (including phenoxy) is 1. The van der Waals surface area contributed by atoms with Crippen molar-refractivity contribution in [3.8, 4) is 5.75 Å². The molecule has 1 aromatic heterocycles. The molecule has 7 aromatic rings. The van der Waals surface area contributed by atoms with Gasteiger partial charge in [0.1, 0.15) is 19.1 Å². The van der Waals surface area contributed by atoms with Crippen LogP contribution in [0.5, 0.6) is 5.75 Å². The van der Waals surface area contributed by atoms with Crippen molar-refractivity contribution in [3.63, 3.8) is 0 Å². The number of carboxylic acid groups (broad SMARTS) is 2. The lowest BCUT2D eigenvalue weighted by Gasteiger charge is -2.16. The van der Waals surface area contributed by atoms with E-state index in [9.17, 15) is 48.0 Å². The van der Waals surface area contributed by atoms with Crippen LogP contribution in [0, 0.1) is 0 Å². The predicted molar refractivity (Wildman–Crippen MR) is 255 cm³/mol. The number of carbonyl (C=O) groups is 2. The Morgan fingerprint density at radius 1 is 0.507 bits per heavy atom. The van der Waals surface area contributed by atoms with Gasteiger partial charge in [-0.1, -0.05) is 91.0 Å². The highest BCUT2D eigenvalue weighted by Crippen LogP contribution is 2.33. The summed E-state index contributed by atoms with van der Waals surface area (Å²) in [6.07, 6.45) is -1.26. The first-order chi connectivity index (χ1) is 32.7. The van der Waals surface area contributed by atoms with E-state index < -0.39 is 58.8 Å². The SMILES string of the molecule is O=C(O)c1ccc(CCCc2ccccc2NS(=O)(=O)c2ccc(S(=O)(=O)c3ccccc3)s2)cc1.O=C(O)c1ccc(CCCc2ccccc2NS(=O)(=O)c2ccccc2OC(F)(F)F)cc1. The summed E-state index contributed by atoms with van der Waals surface area (Å²) in [5.41, 5.74) is 4.48. The molecule has 13 nitrogen and oxygen atoms in total. The van der Waals surface area contributed by atoms with E-state index in [-0.39, 0.29) is 30.1 Å². The summed E-state index contributed by atoms with van der Waals surface area (Å²) >= 11 is 0.705. The zero-order chi connectivity index (χ0) is 49.8. The van der Waals surface area contributed by atoms with Crippen molar-refractivity contribution in [2.45, 2.75) is 63.1 Å². The highest BCUT2D eigenvalue weighted by molar-refractivity contribution is 7.96. The Labute approximate surface area is 400 Å². The summed E-state index contributed by atoms with van der Waals surface area (Å²) < 4.78 is 124. The van der Waals surface area contributed by atoms with Gasteiger partial charge in [0, 0.05) is 0 Å². The number of anilines is 2. The zero-order valence-corrected chi connectivity index (χ0v) is 39.4. The van der Waals surface area contributed by atoms with Gasteiger partial charge in [-0.15, -0.1) is 24.5 Å². The van der Waals surface area contributed by atoms with Crippen LogP contribution in [0.15, 0.2) is 182 Å². The van der Waals surface area contributed by atoms with Gasteiger partial charge in [0.25, 0.3) is 20.0 Å². The number of aryl methyl sites for hydroxylation is 4. The molecule has 0 aliphatic heterocycles. The van der Waals surface area contributed by atoms with Gasteiger partial charge in [-0.2, -0.15) is 0 Å². The third-order valence-electron chi connectivity index (χ3n) is 10.3. The van der Waals surface area contributed by atoms with Crippen LogP contribution in [-0.4, -0.2) is 53.8 Å². The number of sulfonamides is 2. The Kier molecular flexibility index (Phi) is 16.7. The summed E-state index contributed by atoms with van der Waals surface area (Å²) in [6.45, 7) is 0. The average Bonchev–Trinajstić information content (AvgIpc) is 3.84. The summed E-state index contributed by atoms with van der Waals surface area (Å²) in [7, 11) is -12.2. The lowest BCUT2D eigenvalue weighted by molar-refractivity contribution is -0.275. The van der Waals surface area contributed by atoms with Crippen LogP contribution in [0.4, 0.5) is 24.5 Å². The Hall–Kier alpha value is -7.00. The number of benzene rings is 6. The lowest BCUT2D eigenvalue weighted by Crippen LogP contribution is -2.21. The number of thiophene rings is 1. The van der Waals surface area contributed by atoms with E-state index in [0.29, 0.717) is 54.7 Å². The van der Waals surface area contributed by atoms with Crippen LogP contribution in [-0.2, 0) is 55.6 Å². The fourth-order valence-electron chi connectivity index (χ4n) is 6.85. The predicted octanol–water partition coefficient (Wildman–Crippen LogP) is 10.5. The largest absolute Gasteiger partial charge is 0.573 e. The normalized spacial score (nSPS) is 11.8. The second-order valence-corrected chi connectivity index (χ2v) is 21.9. The molecule has 6 aromatic carbocycles. The standard InChI is InChI=1S/C26H23NO6S3.C23H20F3NO5S/c28-26(29)21-15-13-19(14-16-21)7-6-9-20-8-4-5-12-23(20)27-36(32,33)25-18-17-24(34-25)35(30,31)22-10-2-1-3-11-22;24-23(25,26)32-20-10-3-4-11-21(20)33(30,31)27-19-9-2-1-7-17(19)8-5-6-16-12-14-18(15-13-16)22(28)29/h1-5,8,10-18,27H,6-7,9H2,(H,28,29);1-4,7,9-15,27H,5-6,8H2,(H,28,29). The Bertz CT molecular complexity index is 3240. The Morgan fingerprint density at radius 2 is 0.942 bits per heavy atom. The smallest absolute Gasteiger partial charge is 0.478 e. The monoisotopic (exact) mass is 1020 g/mol. The Morgan fingerprint density at radius 3 is 1.43 bits per heavy atom. The molecule has 0 aliphatic rings. The van der Waals surface area contributed by atoms with E-state index in [1.165, 1.54) is 54.6 Å². The van der Waals surface area contributed by atoms with Crippen LogP contribution in [0.25, 0.3) is 0 Å². The van der Waals surface area contributed by atoms with Crippen molar-refractivity contribution >= 4 is 64.5 Å². The van der Waals surface area contributed by atoms with Gasteiger partial charge in [-0.05, 0) is 134 Å². The maximum Gasteiger partial charge on any atom is 0.573 e. The quantitative estimate of drug-likeness (QED) is 0.0599. The molecule has 0 radical (unpaired) electrons. The number of sulfone groups is 1. The molecule has 0 unspecified atom stereocenters. The maximum absolute atomic E-state index is 13.1. The van der Waals surface area contributed by atoms with Crippen LogP contribution in [0.2, 0.25) is 0 Å². The molecule has 69 heavy (non-hydrogen) atoms. The topological polar surface area (TPSA) is 210 Å². The molecule has 0 aliphatic carbocycles. The van der Waals surface area contributed by atoms with Crippen LogP contribution in [0.1, 0.15) is 55.8 Å². The number of hydrogen-bond donors (Lipinski definition) is 4. The molecule has 0 atom stereocenters. The van der Waals surface area contributed by atoms with Gasteiger partial charge in [0.15, 0.2) is 0 Å². The van der Waals surface area contributed by atoms with E-state index in [4.69, 9.17) is 10.2 Å². The molecular formula is C49H43F3N2O11S4. The number of carboxylic acids is 2. The van der Waals surface area contributed by atoms with E-state index in [0.717, 1.165) is 35.2 Å². The van der Waals surface area contributed by atoms with Crippen LogP contribution in [0.3, 0.4) is 0 Å². The third kappa shape index (κ3) is 14.3. The number of hydrogen-bond acceptors (Lipinski definition) is 10. The molecule has 0 fully saturated rings. The number of aromatic carboxylic acids is 2. The molecule has 360 valence electrons. The minimum Gasteiger partial charge on any atom is -0.478 e. The summed E-state index contributed by atoms with van der Waals surface area (Å²) in [4.78, 5) is 21.4. The number of para-hydroxylation sites is 3. The van der Waals surface area contributed by atoms with Crippen molar-refractivity contribution < 1.29 is 63.0 Å². The minimum absolute atomic E-state index is 0.0451. The first-order valence-corrected chi connectivity index (χ1v) is 26.1. The van der Waals surface area contributed by atoms with Gasteiger partial charge in [0.2, 0.25) is 9.84 Å². The summed E-state index contributed by atoms with van der Waals surface area (Å²) in [5.74, 6) is -2.80. The van der Waals surface area contributed by atoms with Gasteiger partial charge in [-0.25, -0.2) is 34.8 Å². The van der Waals surface area contributed by atoms with Crippen LogP contribution >= 0.6 is 11.3 Å². The first kappa shape index (κ1) is 51.4. The lowest BCUT2D eigenvalue weighted by atomic mass is 10.0.